The van der Waals surface area contributed by atoms with Gasteiger partial charge in [0.25, 0.3) is 5.91 Å². The van der Waals surface area contributed by atoms with Crippen LogP contribution < -0.4 is 0 Å². The van der Waals surface area contributed by atoms with Gasteiger partial charge in [0, 0.05) is 55.2 Å². The summed E-state index contributed by atoms with van der Waals surface area (Å²) < 4.78 is 2.12. The number of benzene rings is 2. The number of fused-ring (bicyclic) bond motifs is 1. The third-order valence-electron chi connectivity index (χ3n) is 5.93. The van der Waals surface area contributed by atoms with Crippen LogP contribution in [0.5, 0.6) is 0 Å². The van der Waals surface area contributed by atoms with Crippen LogP contribution >= 0.6 is 11.6 Å². The van der Waals surface area contributed by atoms with E-state index in [-0.39, 0.29) is 5.91 Å². The quantitative estimate of drug-likeness (QED) is 0.573. The van der Waals surface area contributed by atoms with Gasteiger partial charge in [-0.2, -0.15) is 0 Å². The minimum absolute atomic E-state index is 0.126. The summed E-state index contributed by atoms with van der Waals surface area (Å²) >= 11 is 6.20. The van der Waals surface area contributed by atoms with Crippen molar-refractivity contribution in [3.05, 3.63) is 76.5 Å². The molecule has 4 rings (SSSR count). The average Bonchev–Trinajstić information content (AvgIpc) is 3.05. The van der Waals surface area contributed by atoms with E-state index < -0.39 is 0 Å². The maximum atomic E-state index is 13.4. The predicted octanol–water partition coefficient (Wildman–Crippen LogP) is 5.09. The summed E-state index contributed by atoms with van der Waals surface area (Å²) in [6, 6.07) is 16.2. The molecule has 1 amide bonds. The van der Waals surface area contributed by atoms with Crippen LogP contribution in [-0.4, -0.2) is 53.0 Å². The summed E-state index contributed by atoms with van der Waals surface area (Å²) in [6.07, 6.45) is 4.36. The molecule has 5 heteroatoms. The van der Waals surface area contributed by atoms with Gasteiger partial charge in [-0.1, -0.05) is 54.1 Å². The van der Waals surface area contributed by atoms with Crippen LogP contribution in [0.2, 0.25) is 5.02 Å². The van der Waals surface area contributed by atoms with Crippen molar-refractivity contribution in [2.24, 2.45) is 0 Å². The summed E-state index contributed by atoms with van der Waals surface area (Å²) in [5.74, 6) is 0.126. The number of hydrogen-bond donors (Lipinski definition) is 0. The second-order valence-corrected chi connectivity index (χ2v) is 8.22. The summed E-state index contributed by atoms with van der Waals surface area (Å²) in [6.45, 7) is 9.07. The van der Waals surface area contributed by atoms with Gasteiger partial charge in [0.15, 0.2) is 0 Å². The number of aryl methyl sites for hydroxylation is 2. The van der Waals surface area contributed by atoms with Crippen molar-refractivity contribution in [3.8, 4) is 0 Å². The van der Waals surface area contributed by atoms with Crippen molar-refractivity contribution in [2.75, 3.05) is 32.7 Å². The molecule has 1 aromatic heterocycles. The Morgan fingerprint density at radius 3 is 2.50 bits per heavy atom. The molecule has 0 aliphatic carbocycles. The maximum Gasteiger partial charge on any atom is 0.270 e. The molecule has 1 saturated heterocycles. The third kappa shape index (κ3) is 4.16. The first-order valence-corrected chi connectivity index (χ1v) is 11.0. The Kier molecular flexibility index (Phi) is 6.26. The Labute approximate surface area is 183 Å². The maximum absolute atomic E-state index is 13.4. The van der Waals surface area contributed by atoms with Crippen LogP contribution in [0.15, 0.2) is 54.6 Å². The lowest BCUT2D eigenvalue weighted by atomic mass is 10.1. The van der Waals surface area contributed by atoms with Gasteiger partial charge in [-0.05, 0) is 43.2 Å². The zero-order valence-corrected chi connectivity index (χ0v) is 18.4. The molecule has 1 aliphatic rings. The number of nitrogens with zero attached hydrogens (tertiary/aromatic N) is 3. The molecule has 30 heavy (non-hydrogen) atoms. The van der Waals surface area contributed by atoms with Gasteiger partial charge in [-0.3, -0.25) is 9.69 Å². The second kappa shape index (κ2) is 9.07. The fourth-order valence-electron chi connectivity index (χ4n) is 4.28. The van der Waals surface area contributed by atoms with E-state index in [9.17, 15) is 4.79 Å². The van der Waals surface area contributed by atoms with E-state index in [0.717, 1.165) is 61.4 Å². The molecule has 0 saturated carbocycles. The number of halogens is 1. The summed E-state index contributed by atoms with van der Waals surface area (Å²) in [5, 5.41) is 1.77. The number of carbonyl (C=O) groups excluding carboxylic acids is 1. The second-order valence-electron chi connectivity index (χ2n) is 7.79. The van der Waals surface area contributed by atoms with Gasteiger partial charge < -0.3 is 9.47 Å². The number of aromatic nitrogens is 1. The van der Waals surface area contributed by atoms with Gasteiger partial charge in [0.2, 0.25) is 0 Å². The molecule has 1 aliphatic heterocycles. The molecule has 2 aromatic carbocycles. The molecular weight excluding hydrogens is 394 g/mol. The van der Waals surface area contributed by atoms with Crippen LogP contribution in [0.25, 0.3) is 17.0 Å². The van der Waals surface area contributed by atoms with Crippen LogP contribution in [0.1, 0.15) is 28.5 Å². The number of amides is 1. The van der Waals surface area contributed by atoms with E-state index in [4.69, 9.17) is 11.6 Å². The van der Waals surface area contributed by atoms with Crippen molar-refractivity contribution >= 4 is 34.5 Å². The summed E-state index contributed by atoms with van der Waals surface area (Å²) in [4.78, 5) is 17.8. The highest BCUT2D eigenvalue weighted by Gasteiger charge is 2.27. The lowest BCUT2D eigenvalue weighted by molar-refractivity contribution is 0.0639. The molecule has 4 nitrogen and oxygen atoms in total. The molecule has 0 N–H and O–H groups in total. The van der Waals surface area contributed by atoms with Crippen LogP contribution in [0, 0.1) is 6.92 Å². The van der Waals surface area contributed by atoms with Gasteiger partial charge >= 0.3 is 0 Å². The molecule has 156 valence electrons. The first kappa shape index (κ1) is 20.7. The Morgan fingerprint density at radius 1 is 1.07 bits per heavy atom. The topological polar surface area (TPSA) is 28.5 Å². The molecule has 0 spiro atoms. The first-order valence-electron chi connectivity index (χ1n) is 10.6. The third-order valence-corrected chi connectivity index (χ3v) is 6.17. The van der Waals surface area contributed by atoms with E-state index in [1.807, 2.05) is 36.1 Å². The van der Waals surface area contributed by atoms with E-state index in [2.05, 4.69) is 52.8 Å². The number of carbonyl (C=O) groups is 1. The van der Waals surface area contributed by atoms with Crippen LogP contribution in [0.3, 0.4) is 0 Å². The number of hydrogen-bond acceptors (Lipinski definition) is 2. The van der Waals surface area contributed by atoms with Crippen LogP contribution in [0.4, 0.5) is 0 Å². The highest BCUT2D eigenvalue weighted by molar-refractivity contribution is 6.31. The Bertz CT molecular complexity index is 1060. The van der Waals surface area contributed by atoms with Gasteiger partial charge in [-0.15, -0.1) is 0 Å². The highest BCUT2D eigenvalue weighted by atomic mass is 35.5. The molecule has 2 heterocycles. The van der Waals surface area contributed by atoms with E-state index >= 15 is 0 Å². The zero-order valence-electron chi connectivity index (χ0n) is 17.6. The largest absolute Gasteiger partial charge is 0.337 e. The van der Waals surface area contributed by atoms with Crippen molar-refractivity contribution in [2.45, 2.75) is 20.4 Å². The molecule has 3 aromatic rings. The summed E-state index contributed by atoms with van der Waals surface area (Å²) in [7, 11) is 0. The number of rotatable bonds is 5. The molecule has 0 bridgehead atoms. The van der Waals surface area contributed by atoms with Crippen molar-refractivity contribution < 1.29 is 4.79 Å². The zero-order chi connectivity index (χ0) is 21.1. The van der Waals surface area contributed by atoms with E-state index in [0.29, 0.717) is 5.02 Å². The van der Waals surface area contributed by atoms with E-state index in [1.165, 1.54) is 5.56 Å². The lowest BCUT2D eigenvalue weighted by Crippen LogP contribution is -2.49. The SMILES string of the molecule is CCn1c(C(=O)N2CCN(C/C=C/c3ccccc3)CC2)c(C)c2cc(Cl)ccc21. The molecule has 0 radical (unpaired) electrons. The first-order chi connectivity index (χ1) is 14.6. The Hall–Kier alpha value is -2.56. The normalized spacial score (nSPS) is 15.4. The molecular formula is C25H28ClN3O. The molecule has 0 unspecified atom stereocenters. The van der Waals surface area contributed by atoms with Crippen LogP contribution in [-0.2, 0) is 6.54 Å². The fraction of sp³-hybridized carbons (Fsp3) is 0.320. The van der Waals surface area contributed by atoms with Crippen molar-refractivity contribution in [1.82, 2.24) is 14.4 Å². The highest BCUT2D eigenvalue weighted by Crippen LogP contribution is 2.29. The minimum atomic E-state index is 0.126. The molecule has 0 atom stereocenters. The van der Waals surface area contributed by atoms with Crippen molar-refractivity contribution in [3.63, 3.8) is 0 Å². The monoisotopic (exact) mass is 421 g/mol. The predicted molar refractivity (Wildman–Crippen MR) is 125 cm³/mol. The van der Waals surface area contributed by atoms with Crippen molar-refractivity contribution in [1.29, 1.82) is 0 Å². The lowest BCUT2D eigenvalue weighted by Gasteiger charge is -2.34. The number of piperazine rings is 1. The molecule has 1 fully saturated rings. The van der Waals surface area contributed by atoms with Gasteiger partial charge in [-0.25, -0.2) is 0 Å². The summed E-state index contributed by atoms with van der Waals surface area (Å²) in [5.41, 5.74) is 4.11. The van der Waals surface area contributed by atoms with Gasteiger partial charge in [0.05, 0.1) is 0 Å². The van der Waals surface area contributed by atoms with E-state index in [1.54, 1.807) is 0 Å². The minimum Gasteiger partial charge on any atom is -0.337 e. The fourth-order valence-corrected chi connectivity index (χ4v) is 4.46. The Balaban J connectivity index is 1.43. The smallest absolute Gasteiger partial charge is 0.270 e. The Morgan fingerprint density at radius 2 is 1.80 bits per heavy atom. The van der Waals surface area contributed by atoms with Gasteiger partial charge in [0.1, 0.15) is 5.69 Å². The standard InChI is InChI=1S/C25H28ClN3O/c1-3-29-23-12-11-21(26)18-22(23)19(2)24(29)25(30)28-16-14-27(15-17-28)13-7-10-20-8-5-4-6-9-20/h4-12,18H,3,13-17H2,1-2H3/b10-7+. The average molecular weight is 422 g/mol.